The lowest BCUT2D eigenvalue weighted by Gasteiger charge is -2.20. The number of nitrogens with two attached hydrogens (primary N) is 1. The average Bonchev–Trinajstić information content (AvgIpc) is 2.87. The van der Waals surface area contributed by atoms with E-state index in [-0.39, 0.29) is 16.9 Å². The molecule has 4 heteroatoms. The van der Waals surface area contributed by atoms with Gasteiger partial charge in [-0.25, -0.2) is 4.39 Å². The van der Waals surface area contributed by atoms with E-state index in [1.807, 2.05) is 6.07 Å². The molecule has 3 aliphatic rings. The van der Waals surface area contributed by atoms with Gasteiger partial charge in [-0.15, -0.1) is 0 Å². The Kier molecular flexibility index (Phi) is 3.06. The summed E-state index contributed by atoms with van der Waals surface area (Å²) in [5.41, 5.74) is 3.97. The molecule has 5 unspecified atom stereocenters. The van der Waals surface area contributed by atoms with Crippen LogP contribution >= 0.6 is 11.6 Å². The zero-order chi connectivity index (χ0) is 13.9. The van der Waals surface area contributed by atoms with Crippen molar-refractivity contribution in [3.63, 3.8) is 0 Å². The second-order valence-electron chi connectivity index (χ2n) is 6.79. The van der Waals surface area contributed by atoms with Crippen molar-refractivity contribution in [3.05, 3.63) is 34.6 Å². The van der Waals surface area contributed by atoms with Gasteiger partial charge in [0, 0.05) is 6.04 Å². The highest BCUT2D eigenvalue weighted by Gasteiger charge is 2.66. The van der Waals surface area contributed by atoms with Crippen molar-refractivity contribution in [1.82, 2.24) is 5.43 Å². The van der Waals surface area contributed by atoms with Crippen LogP contribution in [0.15, 0.2) is 18.2 Å². The maximum absolute atomic E-state index is 13.5. The first kappa shape index (κ1) is 13.1. The Labute approximate surface area is 123 Å². The van der Waals surface area contributed by atoms with Crippen molar-refractivity contribution < 1.29 is 4.39 Å². The van der Waals surface area contributed by atoms with Crippen LogP contribution in [-0.4, -0.2) is 6.04 Å². The van der Waals surface area contributed by atoms with Gasteiger partial charge in [0.2, 0.25) is 0 Å². The molecular formula is C16H20ClFN2. The quantitative estimate of drug-likeness (QED) is 0.661. The standard InChI is InChI=1S/C16H20ClFN2/c17-11-4-1-8(5-12(11)18)6-13(20-19)16-14-9-2-3-10(7-9)15(14)16/h1,4-5,9-10,13-16,20H,2-3,6-7,19H2. The largest absolute Gasteiger partial charge is 0.271 e. The molecule has 0 saturated heterocycles. The first-order valence-corrected chi connectivity index (χ1v) is 7.97. The van der Waals surface area contributed by atoms with Gasteiger partial charge in [-0.1, -0.05) is 17.7 Å². The maximum Gasteiger partial charge on any atom is 0.142 e. The van der Waals surface area contributed by atoms with Crippen LogP contribution < -0.4 is 11.3 Å². The number of hydrogen-bond donors (Lipinski definition) is 2. The molecule has 0 radical (unpaired) electrons. The molecule has 0 aliphatic heterocycles. The van der Waals surface area contributed by atoms with Crippen molar-refractivity contribution in [3.8, 4) is 0 Å². The Morgan fingerprint density at radius 1 is 1.30 bits per heavy atom. The summed E-state index contributed by atoms with van der Waals surface area (Å²) in [4.78, 5) is 0. The van der Waals surface area contributed by atoms with Crippen molar-refractivity contribution in [1.29, 1.82) is 0 Å². The predicted molar refractivity (Wildman–Crippen MR) is 77.5 cm³/mol. The molecule has 2 nitrogen and oxygen atoms in total. The normalized spacial score (nSPS) is 38.9. The summed E-state index contributed by atoms with van der Waals surface area (Å²) in [5.74, 6) is 9.77. The van der Waals surface area contributed by atoms with Crippen molar-refractivity contribution >= 4 is 11.6 Å². The Morgan fingerprint density at radius 3 is 2.60 bits per heavy atom. The van der Waals surface area contributed by atoms with Gasteiger partial charge in [0.1, 0.15) is 5.82 Å². The van der Waals surface area contributed by atoms with Crippen LogP contribution in [0.4, 0.5) is 4.39 Å². The molecule has 1 aromatic rings. The van der Waals surface area contributed by atoms with Crippen LogP contribution in [-0.2, 0) is 6.42 Å². The topological polar surface area (TPSA) is 38.0 Å². The summed E-state index contributed by atoms with van der Waals surface area (Å²) >= 11 is 5.74. The zero-order valence-corrected chi connectivity index (χ0v) is 12.1. The second-order valence-corrected chi connectivity index (χ2v) is 7.20. The minimum atomic E-state index is -0.337. The maximum atomic E-state index is 13.5. The minimum absolute atomic E-state index is 0.187. The molecule has 108 valence electrons. The number of nitrogens with one attached hydrogen (secondary N) is 1. The van der Waals surface area contributed by atoms with Crippen LogP contribution in [0.2, 0.25) is 5.02 Å². The van der Waals surface area contributed by atoms with E-state index in [2.05, 4.69) is 5.43 Å². The molecule has 4 rings (SSSR count). The molecule has 3 aliphatic carbocycles. The molecule has 20 heavy (non-hydrogen) atoms. The van der Waals surface area contributed by atoms with Gasteiger partial charge in [-0.05, 0) is 73.0 Å². The Bertz CT molecular complexity index is 519. The summed E-state index contributed by atoms with van der Waals surface area (Å²) in [6, 6.07) is 5.35. The van der Waals surface area contributed by atoms with Gasteiger partial charge in [-0.2, -0.15) is 0 Å². The number of hydrazine groups is 1. The van der Waals surface area contributed by atoms with E-state index in [1.54, 1.807) is 12.1 Å². The van der Waals surface area contributed by atoms with E-state index in [0.29, 0.717) is 5.92 Å². The van der Waals surface area contributed by atoms with E-state index in [9.17, 15) is 4.39 Å². The van der Waals surface area contributed by atoms with Crippen LogP contribution in [0.3, 0.4) is 0 Å². The van der Waals surface area contributed by atoms with E-state index < -0.39 is 0 Å². The van der Waals surface area contributed by atoms with Crippen molar-refractivity contribution in [2.45, 2.75) is 31.7 Å². The monoisotopic (exact) mass is 294 g/mol. The molecule has 3 fully saturated rings. The fourth-order valence-electron chi connectivity index (χ4n) is 5.16. The lowest BCUT2D eigenvalue weighted by atomic mass is 9.93. The number of rotatable bonds is 4. The van der Waals surface area contributed by atoms with Gasteiger partial charge in [-0.3, -0.25) is 11.3 Å². The molecular weight excluding hydrogens is 275 g/mol. The summed E-state index contributed by atoms with van der Waals surface area (Å²) < 4.78 is 13.5. The smallest absolute Gasteiger partial charge is 0.142 e. The summed E-state index contributed by atoms with van der Waals surface area (Å²) in [5, 5.41) is 0.187. The van der Waals surface area contributed by atoms with Gasteiger partial charge >= 0.3 is 0 Å². The Morgan fingerprint density at radius 2 is 2.00 bits per heavy atom. The third-order valence-corrected chi connectivity index (χ3v) is 6.22. The fraction of sp³-hybridized carbons (Fsp3) is 0.625. The van der Waals surface area contributed by atoms with E-state index in [1.165, 1.54) is 19.3 Å². The van der Waals surface area contributed by atoms with Gasteiger partial charge < -0.3 is 0 Å². The van der Waals surface area contributed by atoms with E-state index >= 15 is 0 Å². The van der Waals surface area contributed by atoms with E-state index in [4.69, 9.17) is 17.4 Å². The van der Waals surface area contributed by atoms with E-state index in [0.717, 1.165) is 35.7 Å². The highest BCUT2D eigenvalue weighted by Crippen LogP contribution is 2.70. The number of hydrogen-bond acceptors (Lipinski definition) is 2. The molecule has 0 spiro atoms. The third kappa shape index (κ3) is 1.91. The third-order valence-electron chi connectivity index (χ3n) is 5.91. The Balaban J connectivity index is 1.48. The van der Waals surface area contributed by atoms with Crippen LogP contribution in [0.1, 0.15) is 24.8 Å². The van der Waals surface area contributed by atoms with Gasteiger partial charge in [0.15, 0.2) is 0 Å². The SMILES string of the molecule is NNC(Cc1ccc(Cl)c(F)c1)C1C2C3CCC(C3)C21. The predicted octanol–water partition coefficient (Wildman–Crippen LogP) is 3.15. The second kappa shape index (κ2) is 4.69. The first-order chi connectivity index (χ1) is 9.69. The van der Waals surface area contributed by atoms with Crippen LogP contribution in [0.5, 0.6) is 0 Å². The minimum Gasteiger partial charge on any atom is -0.271 e. The zero-order valence-electron chi connectivity index (χ0n) is 11.4. The summed E-state index contributed by atoms with van der Waals surface area (Å²) in [7, 11) is 0. The van der Waals surface area contributed by atoms with Crippen LogP contribution in [0.25, 0.3) is 0 Å². The number of fused-ring (bicyclic) bond motifs is 5. The molecule has 0 aromatic heterocycles. The average molecular weight is 295 g/mol. The molecule has 2 bridgehead atoms. The highest BCUT2D eigenvalue weighted by atomic mass is 35.5. The molecule has 0 heterocycles. The highest BCUT2D eigenvalue weighted by molar-refractivity contribution is 6.30. The molecule has 5 atom stereocenters. The lowest BCUT2D eigenvalue weighted by molar-refractivity contribution is 0.364. The summed E-state index contributed by atoms with van der Waals surface area (Å²) in [6.07, 6.45) is 5.06. The molecule has 0 amide bonds. The van der Waals surface area contributed by atoms with Crippen LogP contribution in [0, 0.1) is 35.4 Å². The number of halogens is 2. The van der Waals surface area contributed by atoms with Crippen molar-refractivity contribution in [2.24, 2.45) is 35.4 Å². The van der Waals surface area contributed by atoms with Crippen molar-refractivity contribution in [2.75, 3.05) is 0 Å². The van der Waals surface area contributed by atoms with Gasteiger partial charge in [0.05, 0.1) is 5.02 Å². The first-order valence-electron chi connectivity index (χ1n) is 7.59. The molecule has 3 saturated carbocycles. The Hall–Kier alpha value is -0.640. The summed E-state index contributed by atoms with van der Waals surface area (Å²) in [6.45, 7) is 0. The molecule has 1 aromatic carbocycles. The number of benzene rings is 1. The lowest BCUT2D eigenvalue weighted by Crippen LogP contribution is -2.40. The fourth-order valence-corrected chi connectivity index (χ4v) is 5.27. The molecule has 3 N–H and O–H groups in total. The van der Waals surface area contributed by atoms with Gasteiger partial charge in [0.25, 0.3) is 0 Å².